The van der Waals surface area contributed by atoms with Crippen LogP contribution in [-0.2, 0) is 11.2 Å². The van der Waals surface area contributed by atoms with Crippen molar-refractivity contribution < 1.29 is 19.8 Å². The maximum atomic E-state index is 11.7. The smallest absolute Gasteiger partial charge is 0.371 e. The first-order chi connectivity index (χ1) is 9.56. The number of allylic oxidation sites excluding steroid dienone is 1. The van der Waals surface area contributed by atoms with Crippen molar-refractivity contribution in [3.05, 3.63) is 58.0 Å². The molecule has 0 aromatic carbocycles. The highest BCUT2D eigenvalue weighted by molar-refractivity contribution is 7.11. The second kappa shape index (κ2) is 6.07. The van der Waals surface area contributed by atoms with Gasteiger partial charge in [-0.15, -0.1) is 11.3 Å². The number of aliphatic hydroxyl groups excluding tert-OH is 1. The molecule has 0 saturated heterocycles. The number of pyridine rings is 1. The first kappa shape index (κ1) is 13.9. The van der Waals surface area contributed by atoms with Gasteiger partial charge in [0.1, 0.15) is 0 Å². The van der Waals surface area contributed by atoms with E-state index < -0.39 is 17.5 Å². The summed E-state index contributed by atoms with van der Waals surface area (Å²) in [7, 11) is 0. The summed E-state index contributed by atoms with van der Waals surface area (Å²) >= 11 is 1.09. The quantitative estimate of drug-likeness (QED) is 0.495. The maximum absolute atomic E-state index is 11.7. The Balaban J connectivity index is 2.11. The molecular formula is C13H10N2O4S. The number of nitrogens with zero attached hydrogens (tertiary/aromatic N) is 2. The molecule has 6 nitrogen and oxygen atoms in total. The summed E-state index contributed by atoms with van der Waals surface area (Å²) in [6, 6.07) is 5.50. The number of carbonyl (C=O) groups is 2. The molecule has 0 unspecified atom stereocenters. The Morgan fingerprint density at radius 2 is 2.05 bits per heavy atom. The van der Waals surface area contributed by atoms with Gasteiger partial charge in [-0.2, -0.15) is 0 Å². The molecule has 0 saturated carbocycles. The summed E-state index contributed by atoms with van der Waals surface area (Å²) in [5.41, 5.74) is 1.49. The Kier molecular flexibility index (Phi) is 4.21. The number of aliphatic carboxylic acids is 1. The third-order valence-corrected chi connectivity index (χ3v) is 3.24. The largest absolute Gasteiger partial charge is 0.502 e. The summed E-state index contributed by atoms with van der Waals surface area (Å²) in [4.78, 5) is 30.3. The summed E-state index contributed by atoms with van der Waals surface area (Å²) in [6.45, 7) is 0. The molecule has 0 aliphatic rings. The molecule has 2 aromatic heterocycles. The lowest BCUT2D eigenvalue weighted by molar-refractivity contribution is -0.135. The fraction of sp³-hybridized carbons (Fsp3) is 0.0769. The van der Waals surface area contributed by atoms with E-state index in [4.69, 9.17) is 10.2 Å². The number of aromatic nitrogens is 2. The predicted molar refractivity (Wildman–Crippen MR) is 71.8 cm³/mol. The van der Waals surface area contributed by atoms with E-state index >= 15 is 0 Å². The number of ketones is 1. The van der Waals surface area contributed by atoms with E-state index in [1.54, 1.807) is 17.6 Å². The third-order valence-electron chi connectivity index (χ3n) is 2.34. The number of carboxylic acid groups (broad SMARTS) is 1. The van der Waals surface area contributed by atoms with Crippen LogP contribution in [0, 0.1) is 0 Å². The lowest BCUT2D eigenvalue weighted by Gasteiger charge is -1.95. The third kappa shape index (κ3) is 3.48. The molecule has 0 bridgehead atoms. The molecule has 0 radical (unpaired) electrons. The van der Waals surface area contributed by atoms with Gasteiger partial charge in [0.2, 0.25) is 11.5 Å². The molecule has 102 valence electrons. The van der Waals surface area contributed by atoms with Crippen LogP contribution in [0.15, 0.2) is 41.6 Å². The summed E-state index contributed by atoms with van der Waals surface area (Å²) < 4.78 is 0. The van der Waals surface area contributed by atoms with Crippen LogP contribution in [0.2, 0.25) is 0 Å². The molecule has 2 N–H and O–H groups in total. The molecule has 7 heteroatoms. The van der Waals surface area contributed by atoms with Gasteiger partial charge in [0, 0.05) is 29.8 Å². The van der Waals surface area contributed by atoms with Gasteiger partial charge in [-0.05, 0) is 12.1 Å². The minimum absolute atomic E-state index is 0.128. The molecule has 2 aromatic rings. The number of hydrogen-bond donors (Lipinski definition) is 2. The van der Waals surface area contributed by atoms with E-state index in [0.29, 0.717) is 18.2 Å². The van der Waals surface area contributed by atoms with Gasteiger partial charge >= 0.3 is 5.97 Å². The SMILES string of the molecule is O=C(O)/C(O)=C/C(=O)c1nc(Cc2ccccn2)cs1. The molecule has 0 aliphatic carbocycles. The van der Waals surface area contributed by atoms with Gasteiger partial charge < -0.3 is 10.2 Å². The number of aliphatic hydroxyl groups is 1. The Morgan fingerprint density at radius 3 is 2.70 bits per heavy atom. The number of carbonyl (C=O) groups excluding carboxylic acids is 1. The number of thiazole rings is 1. The van der Waals surface area contributed by atoms with Crippen LogP contribution in [0.3, 0.4) is 0 Å². The zero-order valence-corrected chi connectivity index (χ0v) is 11.0. The Bertz CT molecular complexity index is 664. The van der Waals surface area contributed by atoms with E-state index in [9.17, 15) is 9.59 Å². The van der Waals surface area contributed by atoms with Crippen molar-refractivity contribution in [1.82, 2.24) is 9.97 Å². The maximum Gasteiger partial charge on any atom is 0.371 e. The van der Waals surface area contributed by atoms with Crippen LogP contribution in [0.1, 0.15) is 21.2 Å². The Hall–Kier alpha value is -2.54. The van der Waals surface area contributed by atoms with Crippen LogP contribution in [-0.4, -0.2) is 31.9 Å². The molecule has 0 atom stereocenters. The van der Waals surface area contributed by atoms with Crippen molar-refractivity contribution in [2.24, 2.45) is 0 Å². The highest BCUT2D eigenvalue weighted by Gasteiger charge is 2.13. The fourth-order valence-corrected chi connectivity index (χ4v) is 2.17. The molecule has 0 amide bonds. The van der Waals surface area contributed by atoms with Crippen molar-refractivity contribution in [3.8, 4) is 0 Å². The van der Waals surface area contributed by atoms with Crippen molar-refractivity contribution >= 4 is 23.1 Å². The molecule has 20 heavy (non-hydrogen) atoms. The number of carboxylic acids is 1. The molecule has 0 aliphatic heterocycles. The lowest BCUT2D eigenvalue weighted by Crippen LogP contribution is -2.04. The Morgan fingerprint density at radius 1 is 1.25 bits per heavy atom. The summed E-state index contributed by atoms with van der Waals surface area (Å²) in [6.07, 6.45) is 2.80. The monoisotopic (exact) mass is 290 g/mol. The molecule has 0 spiro atoms. The zero-order valence-electron chi connectivity index (χ0n) is 10.2. The second-order valence-electron chi connectivity index (χ2n) is 3.84. The Labute approximate surface area is 118 Å². The van der Waals surface area contributed by atoms with E-state index in [-0.39, 0.29) is 5.01 Å². The van der Waals surface area contributed by atoms with Gasteiger partial charge in [-0.1, -0.05) is 6.07 Å². The lowest BCUT2D eigenvalue weighted by atomic mass is 10.2. The van der Waals surface area contributed by atoms with Crippen LogP contribution in [0.5, 0.6) is 0 Å². The van der Waals surface area contributed by atoms with Crippen molar-refractivity contribution in [1.29, 1.82) is 0 Å². The molecule has 2 rings (SSSR count). The number of rotatable bonds is 5. The topological polar surface area (TPSA) is 100 Å². The van der Waals surface area contributed by atoms with E-state index in [1.165, 1.54) is 0 Å². The van der Waals surface area contributed by atoms with Gasteiger partial charge in [-0.25, -0.2) is 9.78 Å². The van der Waals surface area contributed by atoms with Crippen molar-refractivity contribution in [2.75, 3.05) is 0 Å². The predicted octanol–water partition coefficient (Wildman–Crippen LogP) is 1.84. The van der Waals surface area contributed by atoms with E-state index in [2.05, 4.69) is 9.97 Å². The first-order valence-electron chi connectivity index (χ1n) is 5.59. The second-order valence-corrected chi connectivity index (χ2v) is 4.70. The van der Waals surface area contributed by atoms with Crippen molar-refractivity contribution in [2.45, 2.75) is 6.42 Å². The average Bonchev–Trinajstić information content (AvgIpc) is 2.88. The standard InChI is InChI=1S/C13H10N2O4S/c16-10(6-11(17)13(18)19)12-15-9(7-20-12)5-8-3-1-2-4-14-8/h1-4,6-7,17H,5H2,(H,18,19)/b11-6-. The molecule has 0 fully saturated rings. The highest BCUT2D eigenvalue weighted by atomic mass is 32.1. The van der Waals surface area contributed by atoms with E-state index in [1.807, 2.05) is 12.1 Å². The number of hydrogen-bond acceptors (Lipinski definition) is 6. The summed E-state index contributed by atoms with van der Waals surface area (Å²) in [5, 5.41) is 19.3. The molecule has 2 heterocycles. The average molecular weight is 290 g/mol. The normalized spacial score (nSPS) is 11.3. The minimum Gasteiger partial charge on any atom is -0.502 e. The zero-order chi connectivity index (χ0) is 14.5. The van der Waals surface area contributed by atoms with Gasteiger partial charge in [0.15, 0.2) is 5.01 Å². The van der Waals surface area contributed by atoms with Gasteiger partial charge in [-0.3, -0.25) is 9.78 Å². The van der Waals surface area contributed by atoms with Gasteiger partial charge in [0.25, 0.3) is 0 Å². The molecular weight excluding hydrogens is 280 g/mol. The van der Waals surface area contributed by atoms with Gasteiger partial charge in [0.05, 0.1) is 5.69 Å². The minimum atomic E-state index is -1.55. The first-order valence-corrected chi connectivity index (χ1v) is 6.47. The summed E-state index contributed by atoms with van der Waals surface area (Å²) in [5.74, 6) is -3.19. The van der Waals surface area contributed by atoms with Crippen LogP contribution >= 0.6 is 11.3 Å². The van der Waals surface area contributed by atoms with Crippen LogP contribution in [0.25, 0.3) is 0 Å². The van der Waals surface area contributed by atoms with Crippen LogP contribution < -0.4 is 0 Å². The fourth-order valence-electron chi connectivity index (χ4n) is 1.44. The van der Waals surface area contributed by atoms with E-state index in [0.717, 1.165) is 17.0 Å². The highest BCUT2D eigenvalue weighted by Crippen LogP contribution is 2.14. The van der Waals surface area contributed by atoms with Crippen LogP contribution in [0.4, 0.5) is 0 Å². The van der Waals surface area contributed by atoms with Crippen molar-refractivity contribution in [3.63, 3.8) is 0 Å².